The third-order valence-corrected chi connectivity index (χ3v) is 4.99. The lowest BCUT2D eigenvalue weighted by atomic mass is 10.1. The first-order chi connectivity index (χ1) is 14.0. The molecule has 0 aliphatic carbocycles. The largest absolute Gasteiger partial charge is 0.493 e. The predicted molar refractivity (Wildman–Crippen MR) is 114 cm³/mol. The molecule has 6 nitrogen and oxygen atoms in total. The highest BCUT2D eigenvalue weighted by atomic mass is 79.9. The summed E-state index contributed by atoms with van der Waals surface area (Å²) in [6, 6.07) is 15.0. The average Bonchev–Trinajstić information content (AvgIpc) is 3.20. The van der Waals surface area contributed by atoms with Crippen LogP contribution >= 0.6 is 15.9 Å². The highest BCUT2D eigenvalue weighted by molar-refractivity contribution is 9.10. The Hall–Kier alpha value is -2.93. The normalized spacial score (nSPS) is 10.5. The number of nitrogens with zero attached hydrogens (tertiary/aromatic N) is 1. The van der Waals surface area contributed by atoms with Crippen molar-refractivity contribution < 1.29 is 23.4 Å². The summed E-state index contributed by atoms with van der Waals surface area (Å²) in [5, 5.41) is 0. The lowest BCUT2D eigenvalue weighted by Crippen LogP contribution is -2.26. The van der Waals surface area contributed by atoms with Gasteiger partial charge in [-0.3, -0.25) is 4.79 Å². The Labute approximate surface area is 178 Å². The second-order valence-electron chi connectivity index (χ2n) is 6.32. The molecule has 3 aromatic rings. The van der Waals surface area contributed by atoms with Gasteiger partial charge in [0.25, 0.3) is 5.91 Å². The predicted octanol–water partition coefficient (Wildman–Crippen LogP) is 5.01. The molecule has 0 unspecified atom stereocenters. The molecular formula is C22H22BrNO5. The van der Waals surface area contributed by atoms with Crippen molar-refractivity contribution in [2.45, 2.75) is 6.54 Å². The molecule has 0 aliphatic rings. The van der Waals surface area contributed by atoms with Crippen LogP contribution < -0.4 is 14.2 Å². The van der Waals surface area contributed by atoms with Gasteiger partial charge in [-0.15, -0.1) is 0 Å². The minimum Gasteiger partial charge on any atom is -0.493 e. The molecule has 0 bridgehead atoms. The maximum absolute atomic E-state index is 13.0. The zero-order valence-corrected chi connectivity index (χ0v) is 18.3. The Morgan fingerprint density at radius 1 is 0.931 bits per heavy atom. The van der Waals surface area contributed by atoms with Crippen molar-refractivity contribution in [3.8, 4) is 28.6 Å². The van der Waals surface area contributed by atoms with Gasteiger partial charge in [0.2, 0.25) is 5.75 Å². The van der Waals surface area contributed by atoms with Crippen molar-refractivity contribution in [1.29, 1.82) is 0 Å². The number of rotatable bonds is 7. The topological polar surface area (TPSA) is 61.1 Å². The molecule has 0 radical (unpaired) electrons. The van der Waals surface area contributed by atoms with Gasteiger partial charge in [-0.25, -0.2) is 0 Å². The standard InChI is InChI=1S/C22H22BrNO5/c1-24(13-16-9-11-18(29-16)14-5-7-15(23)8-6-14)22(25)17-10-12-19(26-2)21(28-4)20(17)27-3/h5-12H,13H2,1-4H3. The van der Waals surface area contributed by atoms with Crippen LogP contribution in [0.1, 0.15) is 16.1 Å². The number of hydrogen-bond acceptors (Lipinski definition) is 5. The van der Waals surface area contributed by atoms with Gasteiger partial charge in [-0.2, -0.15) is 0 Å². The van der Waals surface area contributed by atoms with Crippen LogP contribution in [0.25, 0.3) is 11.3 Å². The van der Waals surface area contributed by atoms with E-state index < -0.39 is 0 Å². The van der Waals surface area contributed by atoms with E-state index in [0.717, 1.165) is 15.8 Å². The molecule has 0 spiro atoms. The molecule has 7 heteroatoms. The van der Waals surface area contributed by atoms with E-state index in [1.54, 1.807) is 24.1 Å². The second kappa shape index (κ2) is 9.05. The van der Waals surface area contributed by atoms with Gasteiger partial charge in [-0.05, 0) is 36.4 Å². The van der Waals surface area contributed by atoms with Gasteiger partial charge in [0.15, 0.2) is 11.5 Å². The van der Waals surface area contributed by atoms with Crippen LogP contribution in [0.2, 0.25) is 0 Å². The Bertz CT molecular complexity index is 997. The molecule has 1 heterocycles. The van der Waals surface area contributed by atoms with Crippen LogP contribution in [0.5, 0.6) is 17.2 Å². The van der Waals surface area contributed by atoms with Crippen LogP contribution in [-0.2, 0) is 6.54 Å². The summed E-state index contributed by atoms with van der Waals surface area (Å²) in [7, 11) is 6.24. The highest BCUT2D eigenvalue weighted by Gasteiger charge is 2.23. The molecule has 1 amide bonds. The first-order valence-corrected chi connectivity index (χ1v) is 9.66. The van der Waals surface area contributed by atoms with Crippen molar-refractivity contribution in [2.75, 3.05) is 28.4 Å². The second-order valence-corrected chi connectivity index (χ2v) is 7.23. The molecule has 0 saturated heterocycles. The van der Waals surface area contributed by atoms with E-state index in [0.29, 0.717) is 35.1 Å². The first-order valence-electron chi connectivity index (χ1n) is 8.87. The van der Waals surface area contributed by atoms with E-state index in [1.807, 2.05) is 36.4 Å². The summed E-state index contributed by atoms with van der Waals surface area (Å²) in [5.41, 5.74) is 1.35. The van der Waals surface area contributed by atoms with E-state index in [4.69, 9.17) is 18.6 Å². The fourth-order valence-electron chi connectivity index (χ4n) is 3.01. The van der Waals surface area contributed by atoms with Gasteiger partial charge in [0, 0.05) is 17.1 Å². The molecule has 0 fully saturated rings. The number of halogens is 1. The van der Waals surface area contributed by atoms with Crippen molar-refractivity contribution in [3.05, 3.63) is 64.3 Å². The summed E-state index contributed by atoms with van der Waals surface area (Å²) >= 11 is 3.42. The zero-order valence-electron chi connectivity index (χ0n) is 16.7. The third-order valence-electron chi connectivity index (χ3n) is 4.46. The third kappa shape index (κ3) is 4.40. The lowest BCUT2D eigenvalue weighted by Gasteiger charge is -2.20. The van der Waals surface area contributed by atoms with E-state index in [2.05, 4.69) is 15.9 Å². The Kier molecular flexibility index (Phi) is 6.49. The summed E-state index contributed by atoms with van der Waals surface area (Å²) in [4.78, 5) is 14.6. The van der Waals surface area contributed by atoms with E-state index in [1.165, 1.54) is 21.3 Å². The number of amides is 1. The number of furan rings is 1. The molecule has 29 heavy (non-hydrogen) atoms. The fraction of sp³-hybridized carbons (Fsp3) is 0.227. The number of hydrogen-bond donors (Lipinski definition) is 0. The monoisotopic (exact) mass is 459 g/mol. The molecule has 3 rings (SSSR count). The molecule has 152 valence electrons. The number of carbonyl (C=O) groups is 1. The van der Waals surface area contributed by atoms with Crippen LogP contribution in [0.4, 0.5) is 0 Å². The van der Waals surface area contributed by atoms with Crippen LogP contribution in [0.15, 0.2) is 57.4 Å². The Morgan fingerprint density at radius 2 is 1.62 bits per heavy atom. The van der Waals surface area contributed by atoms with Gasteiger partial charge in [0.1, 0.15) is 11.5 Å². The molecule has 0 aliphatic heterocycles. The molecule has 1 aromatic heterocycles. The van der Waals surface area contributed by atoms with E-state index in [-0.39, 0.29) is 5.91 Å². The number of ether oxygens (including phenoxy) is 3. The van der Waals surface area contributed by atoms with Gasteiger partial charge < -0.3 is 23.5 Å². The van der Waals surface area contributed by atoms with Gasteiger partial charge >= 0.3 is 0 Å². The molecule has 0 N–H and O–H groups in total. The van der Waals surface area contributed by atoms with Crippen molar-refractivity contribution in [3.63, 3.8) is 0 Å². The first kappa shape index (κ1) is 20.8. The molecular weight excluding hydrogens is 438 g/mol. The minimum absolute atomic E-state index is 0.218. The Morgan fingerprint density at radius 3 is 2.24 bits per heavy atom. The van der Waals surface area contributed by atoms with Crippen molar-refractivity contribution >= 4 is 21.8 Å². The fourth-order valence-corrected chi connectivity index (χ4v) is 3.28. The maximum Gasteiger partial charge on any atom is 0.257 e. The minimum atomic E-state index is -0.218. The van der Waals surface area contributed by atoms with Crippen LogP contribution in [-0.4, -0.2) is 39.2 Å². The highest BCUT2D eigenvalue weighted by Crippen LogP contribution is 2.40. The maximum atomic E-state index is 13.0. The summed E-state index contributed by atoms with van der Waals surface area (Å²) in [5.74, 6) is 2.41. The SMILES string of the molecule is COc1ccc(C(=O)N(C)Cc2ccc(-c3ccc(Br)cc3)o2)c(OC)c1OC. The number of carbonyl (C=O) groups excluding carboxylic acids is 1. The Balaban J connectivity index is 1.80. The molecule has 0 saturated carbocycles. The average molecular weight is 460 g/mol. The molecule has 2 aromatic carbocycles. The van der Waals surface area contributed by atoms with E-state index in [9.17, 15) is 4.79 Å². The summed E-state index contributed by atoms with van der Waals surface area (Å²) in [6.07, 6.45) is 0. The van der Waals surface area contributed by atoms with Crippen molar-refractivity contribution in [2.24, 2.45) is 0 Å². The van der Waals surface area contributed by atoms with Crippen LogP contribution in [0, 0.1) is 0 Å². The summed E-state index contributed by atoms with van der Waals surface area (Å²) < 4.78 is 23.0. The lowest BCUT2D eigenvalue weighted by molar-refractivity contribution is 0.0771. The van der Waals surface area contributed by atoms with Crippen LogP contribution in [0.3, 0.4) is 0 Å². The number of methoxy groups -OCH3 is 3. The van der Waals surface area contributed by atoms with Gasteiger partial charge in [-0.1, -0.05) is 28.1 Å². The van der Waals surface area contributed by atoms with Gasteiger partial charge in [0.05, 0.1) is 33.4 Å². The van der Waals surface area contributed by atoms with E-state index >= 15 is 0 Å². The summed E-state index contributed by atoms with van der Waals surface area (Å²) in [6.45, 7) is 0.312. The number of benzene rings is 2. The smallest absolute Gasteiger partial charge is 0.257 e. The van der Waals surface area contributed by atoms with Crippen molar-refractivity contribution in [1.82, 2.24) is 4.90 Å². The molecule has 0 atom stereocenters. The zero-order chi connectivity index (χ0) is 21.0. The quantitative estimate of drug-likeness (QED) is 0.496.